The van der Waals surface area contributed by atoms with Crippen LogP contribution < -0.4 is 5.73 Å². The third-order valence-corrected chi connectivity index (χ3v) is 4.76. The summed E-state index contributed by atoms with van der Waals surface area (Å²) in [5, 5.41) is 1.09. The van der Waals surface area contributed by atoms with Crippen LogP contribution in [-0.4, -0.2) is 4.98 Å². The van der Waals surface area contributed by atoms with E-state index in [1.807, 2.05) is 13.8 Å². The number of rotatable bonds is 3. The van der Waals surface area contributed by atoms with E-state index in [4.69, 9.17) is 5.73 Å². The Balaban J connectivity index is 2.12. The molecular formula is C17H24N2S. The van der Waals surface area contributed by atoms with E-state index >= 15 is 0 Å². The second-order valence-corrected chi connectivity index (χ2v) is 7.67. The highest BCUT2D eigenvalue weighted by atomic mass is 32.1. The number of hydrogen-bond donors (Lipinski definition) is 1. The van der Waals surface area contributed by atoms with E-state index < -0.39 is 0 Å². The van der Waals surface area contributed by atoms with E-state index in [1.165, 1.54) is 16.0 Å². The average molecular weight is 288 g/mol. The Kier molecular flexibility index (Phi) is 4.31. The number of nitrogens with two attached hydrogens (primary N) is 1. The first kappa shape index (κ1) is 15.2. The predicted molar refractivity (Wildman–Crippen MR) is 87.4 cm³/mol. The van der Waals surface area contributed by atoms with Crippen molar-refractivity contribution in [1.29, 1.82) is 0 Å². The third kappa shape index (κ3) is 3.47. The normalized spacial score (nSPS) is 13.5. The molecule has 2 rings (SSSR count). The quantitative estimate of drug-likeness (QED) is 0.914. The summed E-state index contributed by atoms with van der Waals surface area (Å²) >= 11 is 1.71. The highest BCUT2D eigenvalue weighted by molar-refractivity contribution is 7.11. The Morgan fingerprint density at radius 2 is 1.75 bits per heavy atom. The maximum absolute atomic E-state index is 6.34. The first-order valence-corrected chi connectivity index (χ1v) is 7.88. The molecule has 108 valence electrons. The fraction of sp³-hybridized carbons (Fsp3) is 0.471. The van der Waals surface area contributed by atoms with Crippen LogP contribution in [0, 0.1) is 13.8 Å². The molecule has 1 unspecified atom stereocenters. The summed E-state index contributed by atoms with van der Waals surface area (Å²) in [5.41, 5.74) is 10.3. The lowest BCUT2D eigenvalue weighted by atomic mass is 9.86. The molecule has 20 heavy (non-hydrogen) atoms. The lowest BCUT2D eigenvalue weighted by Gasteiger charge is -2.19. The molecule has 1 heterocycles. The van der Waals surface area contributed by atoms with E-state index in [1.54, 1.807) is 11.3 Å². The largest absolute Gasteiger partial charge is 0.323 e. The molecule has 0 aliphatic carbocycles. The topological polar surface area (TPSA) is 38.9 Å². The van der Waals surface area contributed by atoms with Gasteiger partial charge in [0.15, 0.2) is 0 Å². The molecule has 2 N–H and O–H groups in total. The fourth-order valence-electron chi connectivity index (χ4n) is 2.38. The first-order valence-electron chi connectivity index (χ1n) is 7.06. The van der Waals surface area contributed by atoms with Crippen molar-refractivity contribution in [2.45, 2.75) is 52.5 Å². The van der Waals surface area contributed by atoms with Crippen LogP contribution in [0.5, 0.6) is 0 Å². The zero-order valence-corrected chi connectivity index (χ0v) is 13.8. The molecule has 0 fully saturated rings. The first-order chi connectivity index (χ1) is 9.27. The number of hydrogen-bond acceptors (Lipinski definition) is 3. The van der Waals surface area contributed by atoms with Gasteiger partial charge in [0.2, 0.25) is 0 Å². The van der Waals surface area contributed by atoms with Crippen molar-refractivity contribution in [1.82, 2.24) is 4.98 Å². The average Bonchev–Trinajstić information content (AvgIpc) is 2.68. The Morgan fingerprint density at radius 1 is 1.15 bits per heavy atom. The monoisotopic (exact) mass is 288 g/mol. The van der Waals surface area contributed by atoms with Gasteiger partial charge in [-0.15, -0.1) is 11.3 Å². The smallest absolute Gasteiger partial charge is 0.0900 e. The van der Waals surface area contributed by atoms with Gasteiger partial charge in [-0.3, -0.25) is 0 Å². The van der Waals surface area contributed by atoms with E-state index in [-0.39, 0.29) is 11.5 Å². The predicted octanol–water partition coefficient (Wildman–Crippen LogP) is 4.30. The molecule has 2 nitrogen and oxygen atoms in total. The molecule has 0 spiro atoms. The Bertz CT molecular complexity index is 576. The van der Waals surface area contributed by atoms with Crippen LogP contribution in [0.15, 0.2) is 24.3 Å². The standard InChI is InChI=1S/C17H24N2S/c1-11-16(20-12(2)19-11)15(18)10-13-6-8-14(9-7-13)17(3,4)5/h6-9,15H,10,18H2,1-5H3. The van der Waals surface area contributed by atoms with Gasteiger partial charge in [-0.2, -0.15) is 0 Å². The van der Waals surface area contributed by atoms with E-state index in [2.05, 4.69) is 50.0 Å². The van der Waals surface area contributed by atoms with Gasteiger partial charge >= 0.3 is 0 Å². The van der Waals surface area contributed by atoms with Gasteiger partial charge in [-0.05, 0) is 36.8 Å². The molecular weight excluding hydrogens is 264 g/mol. The Labute approximate surface area is 126 Å². The lowest BCUT2D eigenvalue weighted by Crippen LogP contribution is -2.14. The van der Waals surface area contributed by atoms with Crippen molar-refractivity contribution in [3.05, 3.63) is 51.0 Å². The minimum absolute atomic E-state index is 0.0432. The Morgan fingerprint density at radius 3 is 2.20 bits per heavy atom. The van der Waals surface area contributed by atoms with Gasteiger partial charge < -0.3 is 5.73 Å². The van der Waals surface area contributed by atoms with E-state index in [0.717, 1.165) is 17.1 Å². The molecule has 3 heteroatoms. The summed E-state index contributed by atoms with van der Waals surface area (Å²) in [6, 6.07) is 8.87. The molecule has 1 aromatic carbocycles. The molecule has 0 saturated heterocycles. The summed E-state index contributed by atoms with van der Waals surface area (Å²) in [4.78, 5) is 5.67. The number of thiazole rings is 1. The van der Waals surface area contributed by atoms with Crippen molar-refractivity contribution in [2.75, 3.05) is 0 Å². The summed E-state index contributed by atoms with van der Waals surface area (Å²) < 4.78 is 0. The maximum Gasteiger partial charge on any atom is 0.0900 e. The van der Waals surface area contributed by atoms with Gasteiger partial charge in [-0.1, -0.05) is 45.0 Å². The number of benzene rings is 1. The van der Waals surface area contributed by atoms with Crippen LogP contribution >= 0.6 is 11.3 Å². The van der Waals surface area contributed by atoms with Crippen LogP contribution in [0.4, 0.5) is 0 Å². The fourth-order valence-corrected chi connectivity index (χ4v) is 3.31. The highest BCUT2D eigenvalue weighted by Crippen LogP contribution is 2.27. The Hall–Kier alpha value is -1.19. The van der Waals surface area contributed by atoms with Crippen LogP contribution in [0.1, 0.15) is 53.5 Å². The van der Waals surface area contributed by atoms with Gasteiger partial charge in [-0.25, -0.2) is 4.98 Å². The maximum atomic E-state index is 6.34. The van der Waals surface area contributed by atoms with Crippen molar-refractivity contribution in [3.63, 3.8) is 0 Å². The molecule has 1 aromatic heterocycles. The van der Waals surface area contributed by atoms with Gasteiger partial charge in [0.1, 0.15) is 0 Å². The van der Waals surface area contributed by atoms with Crippen LogP contribution in [0.25, 0.3) is 0 Å². The van der Waals surface area contributed by atoms with Crippen LogP contribution in [-0.2, 0) is 11.8 Å². The SMILES string of the molecule is Cc1nc(C)c(C(N)Cc2ccc(C(C)(C)C)cc2)s1. The lowest BCUT2D eigenvalue weighted by molar-refractivity contribution is 0.589. The minimum atomic E-state index is 0.0432. The van der Waals surface area contributed by atoms with Crippen LogP contribution in [0.3, 0.4) is 0 Å². The molecule has 0 aliphatic rings. The summed E-state index contributed by atoms with van der Waals surface area (Å²) in [7, 11) is 0. The molecule has 2 aromatic rings. The van der Waals surface area contributed by atoms with Gasteiger partial charge in [0.25, 0.3) is 0 Å². The van der Waals surface area contributed by atoms with Gasteiger partial charge in [0, 0.05) is 10.9 Å². The number of aromatic nitrogens is 1. The van der Waals surface area contributed by atoms with E-state index in [0.29, 0.717) is 0 Å². The van der Waals surface area contributed by atoms with Crippen molar-refractivity contribution in [2.24, 2.45) is 5.73 Å². The second-order valence-electron chi connectivity index (χ2n) is 6.44. The number of nitrogens with zero attached hydrogens (tertiary/aromatic N) is 1. The summed E-state index contributed by atoms with van der Waals surface area (Å²) in [6.07, 6.45) is 0.868. The summed E-state index contributed by atoms with van der Waals surface area (Å²) in [6.45, 7) is 10.8. The van der Waals surface area contributed by atoms with Crippen LogP contribution in [0.2, 0.25) is 0 Å². The second kappa shape index (κ2) is 5.66. The summed E-state index contributed by atoms with van der Waals surface area (Å²) in [5.74, 6) is 0. The molecule has 1 atom stereocenters. The molecule has 0 aliphatic heterocycles. The van der Waals surface area contributed by atoms with Crippen molar-refractivity contribution < 1.29 is 0 Å². The minimum Gasteiger partial charge on any atom is -0.323 e. The number of aryl methyl sites for hydroxylation is 2. The molecule has 0 radical (unpaired) electrons. The van der Waals surface area contributed by atoms with Crippen molar-refractivity contribution >= 4 is 11.3 Å². The zero-order valence-electron chi connectivity index (χ0n) is 13.0. The molecule has 0 amide bonds. The van der Waals surface area contributed by atoms with Gasteiger partial charge in [0.05, 0.1) is 10.7 Å². The molecule has 0 saturated carbocycles. The molecule has 0 bridgehead atoms. The highest BCUT2D eigenvalue weighted by Gasteiger charge is 2.16. The third-order valence-electron chi connectivity index (χ3n) is 3.55. The van der Waals surface area contributed by atoms with Crippen molar-refractivity contribution in [3.8, 4) is 0 Å². The van der Waals surface area contributed by atoms with E-state index in [9.17, 15) is 0 Å². The zero-order chi connectivity index (χ0) is 14.9.